The number of carbonyl (C=O) groups excluding carboxylic acids is 2. The third-order valence-electron chi connectivity index (χ3n) is 3.87. The molecule has 0 aliphatic rings. The van der Waals surface area contributed by atoms with Gasteiger partial charge in [-0.05, 0) is 52.2 Å². The maximum absolute atomic E-state index is 13.3. The van der Waals surface area contributed by atoms with E-state index < -0.39 is 11.9 Å². The van der Waals surface area contributed by atoms with Crippen LogP contribution in [0.1, 0.15) is 32.1 Å². The smallest absolute Gasteiger partial charge is 0.355 e. The van der Waals surface area contributed by atoms with Gasteiger partial charge < -0.3 is 10.1 Å². The topological polar surface area (TPSA) is 72.7 Å². The molecule has 3 rings (SSSR count). The number of ether oxygens (including phenoxy) is 1. The molecule has 8 heteroatoms. The number of nitrogens with zero attached hydrogens (tertiary/aromatic N) is 2. The standard InChI is InChI=1S/C18H15BrFN3O3/c1-10-7-11(3-5-13(10)20)8-21-17(24)14-9-23-15(18(25)26-2)6-4-12(19)16(23)22-14/h3-7,9H,8H2,1-2H3,(H,21,24). The summed E-state index contributed by atoms with van der Waals surface area (Å²) in [5, 5.41) is 2.74. The van der Waals surface area contributed by atoms with Gasteiger partial charge in [0.15, 0.2) is 5.65 Å². The first-order valence-electron chi connectivity index (χ1n) is 7.70. The lowest BCUT2D eigenvalue weighted by atomic mass is 10.1. The molecule has 0 spiro atoms. The molecule has 1 aromatic carbocycles. The molecule has 0 bridgehead atoms. The Balaban J connectivity index is 1.85. The highest BCUT2D eigenvalue weighted by molar-refractivity contribution is 9.10. The number of benzene rings is 1. The molecule has 0 saturated heterocycles. The SMILES string of the molecule is COC(=O)c1ccc(Br)c2nc(C(=O)NCc3ccc(F)c(C)c3)cn12. The van der Waals surface area contributed by atoms with E-state index in [1.165, 1.54) is 23.8 Å². The summed E-state index contributed by atoms with van der Waals surface area (Å²) >= 11 is 3.35. The van der Waals surface area contributed by atoms with Crippen molar-refractivity contribution in [3.8, 4) is 0 Å². The van der Waals surface area contributed by atoms with Crippen molar-refractivity contribution < 1.29 is 18.7 Å². The van der Waals surface area contributed by atoms with Gasteiger partial charge >= 0.3 is 5.97 Å². The second-order valence-electron chi connectivity index (χ2n) is 5.64. The number of methoxy groups -OCH3 is 1. The summed E-state index contributed by atoms with van der Waals surface area (Å²) in [5.74, 6) is -1.23. The summed E-state index contributed by atoms with van der Waals surface area (Å²) in [6, 6.07) is 7.89. The maximum Gasteiger partial charge on any atom is 0.355 e. The second kappa shape index (κ2) is 7.25. The van der Waals surface area contributed by atoms with Crippen molar-refractivity contribution in [3.05, 3.63) is 69.3 Å². The number of fused-ring (bicyclic) bond motifs is 1. The first kappa shape index (κ1) is 18.1. The van der Waals surface area contributed by atoms with E-state index in [1.807, 2.05) is 0 Å². The fraction of sp³-hybridized carbons (Fsp3) is 0.167. The normalized spacial score (nSPS) is 10.8. The summed E-state index contributed by atoms with van der Waals surface area (Å²) < 4.78 is 20.2. The first-order valence-corrected chi connectivity index (χ1v) is 8.49. The van der Waals surface area contributed by atoms with Crippen molar-refractivity contribution in [2.45, 2.75) is 13.5 Å². The van der Waals surface area contributed by atoms with Gasteiger partial charge in [0.25, 0.3) is 5.91 Å². The molecule has 0 radical (unpaired) electrons. The van der Waals surface area contributed by atoms with Crippen LogP contribution in [0.15, 0.2) is 41.0 Å². The Labute approximate surface area is 157 Å². The van der Waals surface area contributed by atoms with E-state index in [9.17, 15) is 14.0 Å². The minimum absolute atomic E-state index is 0.154. The molecular formula is C18H15BrFN3O3. The minimum Gasteiger partial charge on any atom is -0.464 e. The van der Waals surface area contributed by atoms with Crippen molar-refractivity contribution in [2.24, 2.45) is 0 Å². The third kappa shape index (κ3) is 3.45. The lowest BCUT2D eigenvalue weighted by Gasteiger charge is -2.05. The number of amides is 1. The Kier molecular flexibility index (Phi) is 5.03. The molecule has 0 aliphatic heterocycles. The first-order chi connectivity index (χ1) is 12.4. The molecule has 0 atom stereocenters. The van der Waals surface area contributed by atoms with Crippen LogP contribution in [0.2, 0.25) is 0 Å². The predicted octanol–water partition coefficient (Wildman–Crippen LogP) is 3.26. The number of imidazole rings is 1. The number of esters is 1. The number of hydrogen-bond acceptors (Lipinski definition) is 4. The molecule has 1 amide bonds. The van der Waals surface area contributed by atoms with Crippen LogP contribution in [0, 0.1) is 12.7 Å². The quantitative estimate of drug-likeness (QED) is 0.658. The van der Waals surface area contributed by atoms with Crippen LogP contribution < -0.4 is 5.32 Å². The van der Waals surface area contributed by atoms with Crippen LogP contribution in [0.3, 0.4) is 0 Å². The van der Waals surface area contributed by atoms with Crippen LogP contribution in [-0.4, -0.2) is 28.4 Å². The van der Waals surface area contributed by atoms with Crippen molar-refractivity contribution in [1.82, 2.24) is 14.7 Å². The van der Waals surface area contributed by atoms with E-state index in [0.29, 0.717) is 15.7 Å². The summed E-state index contributed by atoms with van der Waals surface area (Å²) in [7, 11) is 1.28. The van der Waals surface area contributed by atoms with Gasteiger partial charge in [0.1, 0.15) is 17.2 Å². The summed E-state index contributed by atoms with van der Waals surface area (Å²) in [4.78, 5) is 28.5. The summed E-state index contributed by atoms with van der Waals surface area (Å²) in [6.07, 6.45) is 1.47. The van der Waals surface area contributed by atoms with Crippen molar-refractivity contribution in [2.75, 3.05) is 7.11 Å². The Hall–Kier alpha value is -2.74. The predicted molar refractivity (Wildman–Crippen MR) is 96.5 cm³/mol. The molecule has 0 unspecified atom stereocenters. The Morgan fingerprint density at radius 1 is 1.31 bits per heavy atom. The van der Waals surface area contributed by atoms with Gasteiger partial charge in [0.05, 0.1) is 11.6 Å². The summed E-state index contributed by atoms with van der Waals surface area (Å²) in [6.45, 7) is 1.90. The van der Waals surface area contributed by atoms with Gasteiger partial charge in [-0.2, -0.15) is 0 Å². The number of aromatic nitrogens is 2. The number of carbonyl (C=O) groups is 2. The Morgan fingerprint density at radius 2 is 2.08 bits per heavy atom. The molecule has 0 aliphatic carbocycles. The lowest BCUT2D eigenvalue weighted by Crippen LogP contribution is -2.23. The third-order valence-corrected chi connectivity index (χ3v) is 4.49. The van der Waals surface area contributed by atoms with Crippen molar-refractivity contribution in [1.29, 1.82) is 0 Å². The number of aryl methyl sites for hydroxylation is 1. The zero-order valence-corrected chi connectivity index (χ0v) is 15.6. The van der Waals surface area contributed by atoms with Gasteiger partial charge in [-0.15, -0.1) is 0 Å². The second-order valence-corrected chi connectivity index (χ2v) is 6.50. The maximum atomic E-state index is 13.3. The monoisotopic (exact) mass is 419 g/mol. The molecule has 2 aromatic heterocycles. The van der Waals surface area contributed by atoms with E-state index in [1.54, 1.807) is 31.2 Å². The van der Waals surface area contributed by atoms with Gasteiger partial charge in [0, 0.05) is 12.7 Å². The van der Waals surface area contributed by atoms with Crippen LogP contribution in [-0.2, 0) is 11.3 Å². The van der Waals surface area contributed by atoms with E-state index in [-0.39, 0.29) is 23.7 Å². The number of nitrogens with one attached hydrogen (secondary N) is 1. The Bertz CT molecular complexity index is 1020. The molecule has 26 heavy (non-hydrogen) atoms. The van der Waals surface area contributed by atoms with Gasteiger partial charge in [-0.25, -0.2) is 14.2 Å². The number of rotatable bonds is 4. The highest BCUT2D eigenvalue weighted by Gasteiger charge is 2.17. The largest absolute Gasteiger partial charge is 0.464 e. The van der Waals surface area contributed by atoms with Crippen molar-refractivity contribution in [3.63, 3.8) is 0 Å². The molecular weight excluding hydrogens is 405 g/mol. The fourth-order valence-corrected chi connectivity index (χ4v) is 2.92. The fourth-order valence-electron chi connectivity index (χ4n) is 2.51. The van der Waals surface area contributed by atoms with Gasteiger partial charge in [0.2, 0.25) is 0 Å². The van der Waals surface area contributed by atoms with Crippen LogP contribution in [0.25, 0.3) is 5.65 Å². The van der Waals surface area contributed by atoms with Gasteiger partial charge in [-0.1, -0.05) is 12.1 Å². The lowest BCUT2D eigenvalue weighted by molar-refractivity contribution is 0.0592. The van der Waals surface area contributed by atoms with E-state index in [4.69, 9.17) is 4.74 Å². The van der Waals surface area contributed by atoms with E-state index >= 15 is 0 Å². The zero-order valence-electron chi connectivity index (χ0n) is 14.0. The summed E-state index contributed by atoms with van der Waals surface area (Å²) in [5.41, 5.74) is 2.12. The number of hydrogen-bond donors (Lipinski definition) is 1. The highest BCUT2D eigenvalue weighted by Crippen LogP contribution is 2.20. The highest BCUT2D eigenvalue weighted by atomic mass is 79.9. The molecule has 134 valence electrons. The van der Waals surface area contributed by atoms with Crippen molar-refractivity contribution >= 4 is 33.5 Å². The molecule has 0 saturated carbocycles. The average Bonchev–Trinajstić information content (AvgIpc) is 3.08. The molecule has 3 aromatic rings. The number of halogens is 2. The van der Waals surface area contributed by atoms with E-state index in [0.717, 1.165) is 5.56 Å². The molecule has 0 fully saturated rings. The molecule has 2 heterocycles. The van der Waals surface area contributed by atoms with Crippen LogP contribution in [0.4, 0.5) is 4.39 Å². The Morgan fingerprint density at radius 3 is 2.77 bits per heavy atom. The zero-order chi connectivity index (χ0) is 18.8. The van der Waals surface area contributed by atoms with E-state index in [2.05, 4.69) is 26.2 Å². The van der Waals surface area contributed by atoms with Crippen LogP contribution >= 0.6 is 15.9 Å². The van der Waals surface area contributed by atoms with Gasteiger partial charge in [-0.3, -0.25) is 9.20 Å². The average molecular weight is 420 g/mol. The molecule has 6 nitrogen and oxygen atoms in total. The molecule has 1 N–H and O–H groups in total. The number of pyridine rings is 1. The van der Waals surface area contributed by atoms with Crippen LogP contribution in [0.5, 0.6) is 0 Å². The minimum atomic E-state index is -0.534.